The number of carboxylic acid groups (broad SMARTS) is 1. The van der Waals surface area contributed by atoms with Crippen molar-refractivity contribution in [3.05, 3.63) is 59.7 Å². The summed E-state index contributed by atoms with van der Waals surface area (Å²) in [6.07, 6.45) is 3.73. The van der Waals surface area contributed by atoms with Gasteiger partial charge in [-0.1, -0.05) is 48.5 Å². The van der Waals surface area contributed by atoms with E-state index in [4.69, 9.17) is 9.84 Å². The summed E-state index contributed by atoms with van der Waals surface area (Å²) >= 11 is 0. The third-order valence-corrected chi connectivity index (χ3v) is 7.14. The molecule has 186 valence electrons. The molecule has 2 N–H and O–H groups in total. The fourth-order valence-electron chi connectivity index (χ4n) is 5.32. The highest BCUT2D eigenvalue weighted by molar-refractivity contribution is 5.79. The fraction of sp³-hybridized carbons (Fsp3) is 0.464. The highest BCUT2D eigenvalue weighted by Gasteiger charge is 2.30. The smallest absolute Gasteiger partial charge is 0.407 e. The number of nitrogens with one attached hydrogen (secondary N) is 1. The molecule has 7 nitrogen and oxygen atoms in total. The molecule has 2 aromatic carbocycles. The van der Waals surface area contributed by atoms with Crippen LogP contribution in [0, 0.1) is 0 Å². The maximum atomic E-state index is 12.8. The standard InChI is InChI=1S/C28H34N2O5/c1-19(13-15-26(31)30-17-7-6-8-20(30)14-16-27(32)33)29-28(34)35-18-25-23-11-4-2-9-21(23)22-10-3-5-12-24(22)25/h2-5,9-12,19-20,25H,6-8,13-18H2,1H3,(H,29,34)(H,32,33). The van der Waals surface area contributed by atoms with E-state index in [1.165, 1.54) is 22.3 Å². The lowest BCUT2D eigenvalue weighted by Gasteiger charge is -2.36. The molecule has 1 saturated heterocycles. The summed E-state index contributed by atoms with van der Waals surface area (Å²) in [7, 11) is 0. The molecule has 4 rings (SSSR count). The van der Waals surface area contributed by atoms with Crippen molar-refractivity contribution in [1.29, 1.82) is 0 Å². The quantitative estimate of drug-likeness (QED) is 0.532. The Balaban J connectivity index is 1.25. The molecule has 1 aliphatic heterocycles. The molecule has 1 heterocycles. The number of fused-ring (bicyclic) bond motifs is 3. The fourth-order valence-corrected chi connectivity index (χ4v) is 5.32. The number of carboxylic acids is 1. The Morgan fingerprint density at radius 3 is 2.34 bits per heavy atom. The highest BCUT2D eigenvalue weighted by atomic mass is 16.5. The van der Waals surface area contributed by atoms with E-state index >= 15 is 0 Å². The number of nitrogens with zero attached hydrogens (tertiary/aromatic N) is 1. The Morgan fingerprint density at radius 2 is 1.69 bits per heavy atom. The summed E-state index contributed by atoms with van der Waals surface area (Å²) in [5.74, 6) is -0.794. The van der Waals surface area contributed by atoms with Gasteiger partial charge in [-0.2, -0.15) is 0 Å². The second kappa shape index (κ2) is 11.4. The van der Waals surface area contributed by atoms with E-state index in [1.54, 1.807) is 0 Å². The van der Waals surface area contributed by atoms with E-state index < -0.39 is 12.1 Å². The van der Waals surface area contributed by atoms with Crippen molar-refractivity contribution in [2.45, 2.75) is 69.9 Å². The van der Waals surface area contributed by atoms with Gasteiger partial charge in [-0.25, -0.2) is 4.79 Å². The molecule has 2 unspecified atom stereocenters. The Morgan fingerprint density at radius 1 is 1.03 bits per heavy atom. The van der Waals surface area contributed by atoms with Crippen molar-refractivity contribution in [2.24, 2.45) is 0 Å². The molecule has 2 amide bonds. The van der Waals surface area contributed by atoms with Crippen LogP contribution < -0.4 is 5.32 Å². The Labute approximate surface area is 206 Å². The average Bonchev–Trinajstić information content (AvgIpc) is 3.18. The number of hydrogen-bond donors (Lipinski definition) is 2. The van der Waals surface area contributed by atoms with Gasteiger partial charge in [0.15, 0.2) is 0 Å². The number of amides is 2. The summed E-state index contributed by atoms with van der Waals surface area (Å²) in [5, 5.41) is 11.8. The van der Waals surface area contributed by atoms with Gasteiger partial charge in [0.05, 0.1) is 0 Å². The maximum Gasteiger partial charge on any atom is 0.407 e. The molecule has 2 aliphatic rings. The number of carbonyl (C=O) groups is 3. The van der Waals surface area contributed by atoms with E-state index in [1.807, 2.05) is 36.1 Å². The molecule has 0 aromatic heterocycles. The van der Waals surface area contributed by atoms with E-state index in [9.17, 15) is 14.4 Å². The van der Waals surface area contributed by atoms with Gasteiger partial charge in [0.2, 0.25) is 5.91 Å². The zero-order chi connectivity index (χ0) is 24.8. The summed E-state index contributed by atoms with van der Waals surface area (Å²) in [4.78, 5) is 38.1. The second-order valence-electron chi connectivity index (χ2n) is 9.58. The predicted molar refractivity (Wildman–Crippen MR) is 133 cm³/mol. The largest absolute Gasteiger partial charge is 0.481 e. The normalized spacial score (nSPS) is 17.9. The van der Waals surface area contributed by atoms with E-state index in [2.05, 4.69) is 29.6 Å². The van der Waals surface area contributed by atoms with Crippen molar-refractivity contribution in [1.82, 2.24) is 10.2 Å². The summed E-state index contributed by atoms with van der Waals surface area (Å²) in [6.45, 7) is 2.80. The average molecular weight is 479 g/mol. The molecular formula is C28H34N2O5. The molecule has 0 spiro atoms. The van der Waals surface area contributed by atoms with E-state index in [0.717, 1.165) is 19.3 Å². The van der Waals surface area contributed by atoms with Crippen molar-refractivity contribution in [2.75, 3.05) is 13.2 Å². The van der Waals surface area contributed by atoms with Crippen molar-refractivity contribution in [3.63, 3.8) is 0 Å². The Bertz CT molecular complexity index is 1020. The van der Waals surface area contributed by atoms with Crippen LogP contribution in [0.1, 0.15) is 68.9 Å². The molecule has 0 bridgehead atoms. The number of likely N-dealkylation sites (tertiary alicyclic amines) is 1. The van der Waals surface area contributed by atoms with Crippen LogP contribution in [0.15, 0.2) is 48.5 Å². The van der Waals surface area contributed by atoms with Gasteiger partial charge >= 0.3 is 12.1 Å². The van der Waals surface area contributed by atoms with Gasteiger partial charge in [0, 0.05) is 37.4 Å². The topological polar surface area (TPSA) is 95.9 Å². The first-order chi connectivity index (χ1) is 16.9. The van der Waals surface area contributed by atoms with E-state index in [-0.39, 0.29) is 36.9 Å². The van der Waals surface area contributed by atoms with Gasteiger partial charge in [-0.3, -0.25) is 9.59 Å². The number of carbonyl (C=O) groups excluding carboxylic acids is 2. The van der Waals surface area contributed by atoms with Crippen molar-refractivity contribution < 1.29 is 24.2 Å². The molecule has 0 saturated carbocycles. The molecule has 1 aliphatic carbocycles. The number of alkyl carbamates (subject to hydrolysis) is 1. The number of benzene rings is 2. The Hall–Kier alpha value is -3.35. The van der Waals surface area contributed by atoms with Crippen molar-refractivity contribution >= 4 is 18.0 Å². The zero-order valence-corrected chi connectivity index (χ0v) is 20.2. The lowest BCUT2D eigenvalue weighted by molar-refractivity contribution is -0.140. The third kappa shape index (κ3) is 6.02. The van der Waals surface area contributed by atoms with Crippen LogP contribution in [0.4, 0.5) is 4.79 Å². The molecule has 1 fully saturated rings. The zero-order valence-electron chi connectivity index (χ0n) is 20.2. The van der Waals surface area contributed by atoms with Crippen LogP contribution >= 0.6 is 0 Å². The third-order valence-electron chi connectivity index (χ3n) is 7.14. The monoisotopic (exact) mass is 478 g/mol. The predicted octanol–water partition coefficient (Wildman–Crippen LogP) is 4.94. The highest BCUT2D eigenvalue weighted by Crippen LogP contribution is 2.44. The minimum Gasteiger partial charge on any atom is -0.481 e. The van der Waals surface area contributed by atoms with Crippen LogP contribution in [0.2, 0.25) is 0 Å². The maximum absolute atomic E-state index is 12.8. The van der Waals surface area contributed by atoms with Crippen molar-refractivity contribution in [3.8, 4) is 11.1 Å². The molecule has 0 radical (unpaired) electrons. The number of rotatable bonds is 9. The first-order valence-electron chi connectivity index (χ1n) is 12.6. The van der Waals surface area contributed by atoms with Crippen LogP contribution in [0.5, 0.6) is 0 Å². The number of aliphatic carboxylic acids is 1. The molecule has 2 atom stereocenters. The number of piperidine rings is 1. The SMILES string of the molecule is CC(CCC(=O)N1CCCCC1CCC(=O)O)NC(=O)OCC1c2ccccc2-c2ccccc21. The first kappa shape index (κ1) is 24.8. The molecular weight excluding hydrogens is 444 g/mol. The van der Waals surface area contributed by atoms with Gasteiger partial charge in [0.25, 0.3) is 0 Å². The molecule has 2 aromatic rings. The minimum atomic E-state index is -0.830. The summed E-state index contributed by atoms with van der Waals surface area (Å²) in [5.41, 5.74) is 4.70. The molecule has 35 heavy (non-hydrogen) atoms. The Kier molecular flexibility index (Phi) is 8.06. The van der Waals surface area contributed by atoms with Crippen LogP contribution in [0.3, 0.4) is 0 Å². The summed E-state index contributed by atoms with van der Waals surface area (Å²) < 4.78 is 5.60. The lowest BCUT2D eigenvalue weighted by Crippen LogP contribution is -2.44. The lowest BCUT2D eigenvalue weighted by atomic mass is 9.97. The first-order valence-corrected chi connectivity index (χ1v) is 12.6. The van der Waals surface area contributed by atoms with Crippen LogP contribution in [-0.4, -0.2) is 53.2 Å². The van der Waals surface area contributed by atoms with Crippen LogP contribution in [-0.2, 0) is 14.3 Å². The summed E-state index contributed by atoms with van der Waals surface area (Å²) in [6, 6.07) is 16.2. The van der Waals surface area contributed by atoms with E-state index in [0.29, 0.717) is 25.8 Å². The second-order valence-corrected chi connectivity index (χ2v) is 9.58. The van der Waals surface area contributed by atoms with Gasteiger partial charge in [-0.05, 0) is 61.3 Å². The van der Waals surface area contributed by atoms with Gasteiger partial charge in [0.1, 0.15) is 6.61 Å². The van der Waals surface area contributed by atoms with Gasteiger partial charge < -0.3 is 20.1 Å². The molecule has 7 heteroatoms. The minimum absolute atomic E-state index is 0.00209. The van der Waals surface area contributed by atoms with Crippen LogP contribution in [0.25, 0.3) is 11.1 Å². The number of ether oxygens (including phenoxy) is 1. The van der Waals surface area contributed by atoms with Gasteiger partial charge in [-0.15, -0.1) is 0 Å². The number of hydrogen-bond acceptors (Lipinski definition) is 4.